The van der Waals surface area contributed by atoms with Crippen LogP contribution in [-0.4, -0.2) is 0 Å². The third-order valence-electron chi connectivity index (χ3n) is 1.62. The highest BCUT2D eigenvalue weighted by molar-refractivity contribution is 7.80. The summed E-state index contributed by atoms with van der Waals surface area (Å²) >= 11 is 3.83. The molecule has 0 aromatic heterocycles. The van der Waals surface area contributed by atoms with Crippen LogP contribution < -0.4 is 5.73 Å². The molecule has 1 aromatic carbocycles. The zero-order chi connectivity index (χ0) is 10.1. The normalized spacial score (nSPS) is 11.8. The minimum absolute atomic E-state index is 0.0882. The second-order valence-corrected chi connectivity index (χ2v) is 3.06. The van der Waals surface area contributed by atoms with E-state index in [1.165, 1.54) is 12.1 Å². The lowest BCUT2D eigenvalue weighted by molar-refractivity contribution is -0.138. The largest absolute Gasteiger partial charge is 0.416 e. The maximum Gasteiger partial charge on any atom is 0.416 e. The average Bonchev–Trinajstić information content (AvgIpc) is 2.03. The molecule has 0 unspecified atom stereocenters. The van der Waals surface area contributed by atoms with Gasteiger partial charge in [0.1, 0.15) is 0 Å². The van der Waals surface area contributed by atoms with Crippen molar-refractivity contribution in [2.24, 2.45) is 5.73 Å². The van der Waals surface area contributed by atoms with Crippen LogP contribution in [0.2, 0.25) is 0 Å². The van der Waals surface area contributed by atoms with Gasteiger partial charge in [-0.3, -0.25) is 0 Å². The van der Waals surface area contributed by atoms with Crippen LogP contribution in [0.3, 0.4) is 0 Å². The summed E-state index contributed by atoms with van der Waals surface area (Å²) in [5, 5.41) is 0. The Hall–Kier alpha value is -0.680. The van der Waals surface area contributed by atoms with Crippen molar-refractivity contribution in [3.05, 3.63) is 29.3 Å². The van der Waals surface area contributed by atoms with E-state index >= 15 is 0 Å². The Kier molecular flexibility index (Phi) is 2.87. The zero-order valence-corrected chi connectivity index (χ0v) is 7.49. The van der Waals surface area contributed by atoms with Gasteiger partial charge in [-0.2, -0.15) is 13.2 Å². The average molecular weight is 207 g/mol. The quantitative estimate of drug-likeness (QED) is 0.680. The van der Waals surface area contributed by atoms with Gasteiger partial charge >= 0.3 is 6.18 Å². The maximum atomic E-state index is 12.3. The number of alkyl halides is 3. The molecule has 0 aliphatic heterocycles. The molecular formula is C8H8F3NS. The van der Waals surface area contributed by atoms with Gasteiger partial charge in [-0.25, -0.2) is 0 Å². The van der Waals surface area contributed by atoms with Crippen LogP contribution in [0.25, 0.3) is 0 Å². The van der Waals surface area contributed by atoms with Gasteiger partial charge in [-0.15, -0.1) is 12.6 Å². The standard InChI is InChI=1S/C8H8F3NS/c9-8(10,11)7-3-6(13)2-1-5(7)4-12/h1-3,13H,4,12H2. The molecule has 0 bridgehead atoms. The van der Waals surface area contributed by atoms with Crippen LogP contribution in [0, 0.1) is 0 Å². The number of hydrogen-bond acceptors (Lipinski definition) is 2. The Morgan fingerprint density at radius 3 is 2.38 bits per heavy atom. The molecule has 0 amide bonds. The number of halogens is 3. The van der Waals surface area contributed by atoms with Gasteiger partial charge in [-0.05, 0) is 17.7 Å². The lowest BCUT2D eigenvalue weighted by atomic mass is 10.1. The predicted octanol–water partition coefficient (Wildman–Crippen LogP) is 2.45. The number of hydrogen-bond donors (Lipinski definition) is 2. The Labute approximate surface area is 79.2 Å². The number of benzene rings is 1. The molecule has 0 radical (unpaired) electrons. The van der Waals surface area contributed by atoms with E-state index in [1.807, 2.05) is 0 Å². The third kappa shape index (κ3) is 2.38. The van der Waals surface area contributed by atoms with Crippen molar-refractivity contribution >= 4 is 12.6 Å². The van der Waals surface area contributed by atoms with Crippen molar-refractivity contribution < 1.29 is 13.2 Å². The van der Waals surface area contributed by atoms with E-state index < -0.39 is 11.7 Å². The molecule has 2 N–H and O–H groups in total. The fourth-order valence-corrected chi connectivity index (χ4v) is 1.21. The van der Waals surface area contributed by atoms with Gasteiger partial charge < -0.3 is 5.73 Å². The number of thiol groups is 1. The van der Waals surface area contributed by atoms with Crippen molar-refractivity contribution in [3.63, 3.8) is 0 Å². The van der Waals surface area contributed by atoms with Crippen molar-refractivity contribution in [2.45, 2.75) is 17.6 Å². The molecule has 0 atom stereocenters. The molecule has 72 valence electrons. The first kappa shape index (κ1) is 10.4. The van der Waals surface area contributed by atoms with Gasteiger partial charge in [0.25, 0.3) is 0 Å². The summed E-state index contributed by atoms with van der Waals surface area (Å²) in [7, 11) is 0. The van der Waals surface area contributed by atoms with E-state index in [0.717, 1.165) is 6.07 Å². The molecule has 1 nitrogen and oxygen atoms in total. The van der Waals surface area contributed by atoms with Crippen LogP contribution in [-0.2, 0) is 12.7 Å². The monoisotopic (exact) mass is 207 g/mol. The molecule has 0 spiro atoms. The van der Waals surface area contributed by atoms with Crippen molar-refractivity contribution in [1.29, 1.82) is 0 Å². The number of nitrogens with two attached hydrogens (primary N) is 1. The fraction of sp³-hybridized carbons (Fsp3) is 0.250. The smallest absolute Gasteiger partial charge is 0.326 e. The van der Waals surface area contributed by atoms with Gasteiger partial charge in [0.15, 0.2) is 0 Å². The Bertz CT molecular complexity index is 309. The molecule has 13 heavy (non-hydrogen) atoms. The fourth-order valence-electron chi connectivity index (χ4n) is 1.01. The predicted molar refractivity (Wildman–Crippen MR) is 46.6 cm³/mol. The minimum Gasteiger partial charge on any atom is -0.326 e. The highest BCUT2D eigenvalue weighted by Gasteiger charge is 2.32. The van der Waals surface area contributed by atoms with E-state index in [4.69, 9.17) is 5.73 Å². The van der Waals surface area contributed by atoms with Crippen LogP contribution >= 0.6 is 12.6 Å². The summed E-state index contributed by atoms with van der Waals surface area (Å²) in [5.74, 6) is 0. The Morgan fingerprint density at radius 2 is 1.92 bits per heavy atom. The highest BCUT2D eigenvalue weighted by Crippen LogP contribution is 2.33. The van der Waals surface area contributed by atoms with Gasteiger partial charge in [0, 0.05) is 11.4 Å². The topological polar surface area (TPSA) is 26.0 Å². The van der Waals surface area contributed by atoms with Crippen LogP contribution in [0.15, 0.2) is 23.1 Å². The molecule has 0 aliphatic carbocycles. The SMILES string of the molecule is NCc1ccc(S)cc1C(F)(F)F. The van der Waals surface area contributed by atoms with E-state index in [2.05, 4.69) is 12.6 Å². The van der Waals surface area contributed by atoms with E-state index in [0.29, 0.717) is 0 Å². The van der Waals surface area contributed by atoms with E-state index in [1.54, 1.807) is 0 Å². The van der Waals surface area contributed by atoms with Crippen LogP contribution in [0.1, 0.15) is 11.1 Å². The van der Waals surface area contributed by atoms with E-state index in [9.17, 15) is 13.2 Å². The summed E-state index contributed by atoms with van der Waals surface area (Å²) in [6.07, 6.45) is -4.35. The first-order chi connectivity index (χ1) is 5.95. The summed E-state index contributed by atoms with van der Waals surface area (Å²) in [6, 6.07) is 3.80. The second kappa shape index (κ2) is 3.59. The number of rotatable bonds is 1. The summed E-state index contributed by atoms with van der Waals surface area (Å²) < 4.78 is 37.0. The highest BCUT2D eigenvalue weighted by atomic mass is 32.1. The lowest BCUT2D eigenvalue weighted by Gasteiger charge is -2.11. The molecular weight excluding hydrogens is 199 g/mol. The van der Waals surface area contributed by atoms with Gasteiger partial charge in [0.05, 0.1) is 5.56 Å². The minimum atomic E-state index is -4.35. The lowest BCUT2D eigenvalue weighted by Crippen LogP contribution is -2.11. The molecule has 0 fully saturated rings. The van der Waals surface area contributed by atoms with E-state index in [-0.39, 0.29) is 17.0 Å². The third-order valence-corrected chi connectivity index (χ3v) is 1.90. The van der Waals surface area contributed by atoms with Gasteiger partial charge in [0.2, 0.25) is 0 Å². The Morgan fingerprint density at radius 1 is 1.31 bits per heavy atom. The second-order valence-electron chi connectivity index (χ2n) is 2.54. The van der Waals surface area contributed by atoms with Crippen LogP contribution in [0.5, 0.6) is 0 Å². The van der Waals surface area contributed by atoms with Crippen molar-refractivity contribution in [3.8, 4) is 0 Å². The summed E-state index contributed by atoms with van der Waals surface area (Å²) in [4.78, 5) is 0.282. The van der Waals surface area contributed by atoms with Crippen molar-refractivity contribution in [1.82, 2.24) is 0 Å². The summed E-state index contributed by atoms with van der Waals surface area (Å²) in [6.45, 7) is -0.122. The molecule has 0 saturated carbocycles. The molecule has 0 heterocycles. The maximum absolute atomic E-state index is 12.3. The molecule has 0 saturated heterocycles. The molecule has 1 rings (SSSR count). The zero-order valence-electron chi connectivity index (χ0n) is 6.60. The first-order valence-corrected chi connectivity index (χ1v) is 3.99. The Balaban J connectivity index is 3.24. The molecule has 1 aromatic rings. The summed E-state index contributed by atoms with van der Waals surface area (Å²) in [5.41, 5.74) is 4.55. The van der Waals surface area contributed by atoms with Crippen LogP contribution in [0.4, 0.5) is 13.2 Å². The molecule has 0 aliphatic rings. The van der Waals surface area contributed by atoms with Gasteiger partial charge in [-0.1, -0.05) is 6.07 Å². The van der Waals surface area contributed by atoms with Crippen molar-refractivity contribution in [2.75, 3.05) is 0 Å². The molecule has 5 heteroatoms. The first-order valence-electron chi connectivity index (χ1n) is 3.54.